The number of carbonyl (C=O) groups is 3. The van der Waals surface area contributed by atoms with Crippen LogP contribution < -0.4 is 5.48 Å². The van der Waals surface area contributed by atoms with Crippen LogP contribution in [0.4, 0.5) is 0 Å². The molecule has 0 bridgehead atoms. The summed E-state index contributed by atoms with van der Waals surface area (Å²) in [7, 11) is 0. The molecule has 1 heterocycles. The third kappa shape index (κ3) is 6.86. The fourth-order valence-electron chi connectivity index (χ4n) is 9.19. The van der Waals surface area contributed by atoms with Gasteiger partial charge in [-0.05, 0) is 74.5 Å². The number of hydrogen-bond acceptors (Lipinski definition) is 5. The van der Waals surface area contributed by atoms with E-state index < -0.39 is 23.4 Å². The first-order valence-corrected chi connectivity index (χ1v) is 16.5. The number of aliphatic carboxylic acids is 2. The van der Waals surface area contributed by atoms with Crippen molar-refractivity contribution < 1.29 is 29.4 Å². The zero-order valence-electron chi connectivity index (χ0n) is 24.4. The summed E-state index contributed by atoms with van der Waals surface area (Å²) in [6.45, 7) is 1.19. The van der Waals surface area contributed by atoms with E-state index in [0.29, 0.717) is 44.4 Å². The molecule has 3 N–H and O–H groups in total. The second-order valence-corrected chi connectivity index (χ2v) is 14.0. The Kier molecular flexibility index (Phi) is 10.1. The van der Waals surface area contributed by atoms with E-state index >= 15 is 0 Å². The average molecular weight is 561 g/mol. The monoisotopic (exact) mass is 560 g/mol. The van der Waals surface area contributed by atoms with Crippen LogP contribution >= 0.6 is 0 Å². The largest absolute Gasteiger partial charge is 0.481 e. The van der Waals surface area contributed by atoms with E-state index in [-0.39, 0.29) is 17.7 Å². The van der Waals surface area contributed by atoms with E-state index in [9.17, 15) is 24.6 Å². The van der Waals surface area contributed by atoms with Crippen molar-refractivity contribution >= 4 is 17.8 Å². The summed E-state index contributed by atoms with van der Waals surface area (Å²) in [5.41, 5.74) is 2.12. The fourth-order valence-corrected chi connectivity index (χ4v) is 9.19. The molecule has 5 rings (SSSR count). The predicted octanol–water partition coefficient (Wildman–Crippen LogP) is 5.65. The number of carboxylic acids is 2. The second-order valence-electron chi connectivity index (χ2n) is 14.0. The number of nitrogens with one attached hydrogen (secondary N) is 1. The van der Waals surface area contributed by atoms with Gasteiger partial charge in [0, 0.05) is 13.1 Å². The van der Waals surface area contributed by atoms with Crippen molar-refractivity contribution in [1.82, 2.24) is 10.4 Å². The minimum absolute atomic E-state index is 0.00218. The van der Waals surface area contributed by atoms with Crippen molar-refractivity contribution in [3.63, 3.8) is 0 Å². The summed E-state index contributed by atoms with van der Waals surface area (Å²) in [4.78, 5) is 44.7. The molecule has 226 valence electrons. The number of hydrogen-bond donors (Lipinski definition) is 3. The van der Waals surface area contributed by atoms with Crippen LogP contribution in [0, 0.1) is 41.4 Å². The Labute approximate surface area is 239 Å². The van der Waals surface area contributed by atoms with Gasteiger partial charge in [-0.15, -0.1) is 0 Å². The van der Waals surface area contributed by atoms with Crippen LogP contribution in [-0.2, 0) is 19.2 Å². The van der Waals surface area contributed by atoms with Crippen LogP contribution in [0.2, 0.25) is 0 Å². The van der Waals surface area contributed by atoms with E-state index in [2.05, 4.69) is 5.48 Å². The van der Waals surface area contributed by atoms with Crippen molar-refractivity contribution in [3.05, 3.63) is 0 Å². The molecular weight excluding hydrogens is 508 g/mol. The summed E-state index contributed by atoms with van der Waals surface area (Å²) < 4.78 is 0. The quantitative estimate of drug-likeness (QED) is 0.161. The van der Waals surface area contributed by atoms with Crippen LogP contribution in [0.5, 0.6) is 0 Å². The highest BCUT2D eigenvalue weighted by Gasteiger charge is 2.69. The van der Waals surface area contributed by atoms with E-state index in [0.717, 1.165) is 43.9 Å². The van der Waals surface area contributed by atoms with Gasteiger partial charge in [-0.2, -0.15) is 0 Å². The maximum atomic E-state index is 12.9. The molecule has 5 fully saturated rings. The Morgan fingerprint density at radius 1 is 0.800 bits per heavy atom. The molecule has 1 aliphatic heterocycles. The van der Waals surface area contributed by atoms with Crippen LogP contribution in [0.1, 0.15) is 116 Å². The minimum atomic E-state index is -0.841. The topological polar surface area (TPSA) is 116 Å². The van der Waals surface area contributed by atoms with Gasteiger partial charge in [-0.25, -0.2) is 5.48 Å². The highest BCUT2D eigenvalue weighted by Crippen LogP contribution is 2.53. The van der Waals surface area contributed by atoms with Gasteiger partial charge in [-0.1, -0.05) is 70.6 Å². The van der Waals surface area contributed by atoms with Crippen molar-refractivity contribution in [2.24, 2.45) is 41.4 Å². The molecule has 8 heteroatoms. The molecule has 0 aromatic carbocycles. The van der Waals surface area contributed by atoms with Crippen LogP contribution in [0.25, 0.3) is 0 Å². The number of carboxylic acid groups (broad SMARTS) is 2. The Hall–Kier alpha value is -1.67. The lowest BCUT2D eigenvalue weighted by Crippen LogP contribution is -2.42. The van der Waals surface area contributed by atoms with Gasteiger partial charge < -0.3 is 20.0 Å². The highest BCUT2D eigenvalue weighted by atomic mass is 16.6. The summed E-state index contributed by atoms with van der Waals surface area (Å²) in [6.07, 6.45) is 20.3. The minimum Gasteiger partial charge on any atom is -0.481 e. The van der Waals surface area contributed by atoms with Gasteiger partial charge in [0.15, 0.2) is 0 Å². The Balaban J connectivity index is 1.03. The molecular formula is C32H52N2O6. The lowest BCUT2D eigenvalue weighted by atomic mass is 9.69. The lowest BCUT2D eigenvalue weighted by molar-refractivity contribution is -0.148. The van der Waals surface area contributed by atoms with E-state index in [1.807, 2.05) is 0 Å². The van der Waals surface area contributed by atoms with Crippen LogP contribution in [0.15, 0.2) is 0 Å². The molecule has 0 aromatic rings. The van der Waals surface area contributed by atoms with Crippen molar-refractivity contribution in [1.29, 1.82) is 0 Å². The molecule has 0 aromatic heterocycles. The number of rotatable bonds is 12. The summed E-state index contributed by atoms with van der Waals surface area (Å²) >= 11 is 0. The van der Waals surface area contributed by atoms with Crippen LogP contribution in [0.3, 0.4) is 0 Å². The number of carbonyl (C=O) groups excluding carboxylic acids is 1. The summed E-state index contributed by atoms with van der Waals surface area (Å²) in [5.74, 6) is -0.141. The van der Waals surface area contributed by atoms with Crippen molar-refractivity contribution in [2.75, 3.05) is 19.7 Å². The van der Waals surface area contributed by atoms with Crippen molar-refractivity contribution in [3.8, 4) is 0 Å². The van der Waals surface area contributed by atoms with Gasteiger partial charge in [-0.3, -0.25) is 14.4 Å². The first kappa shape index (κ1) is 29.8. The van der Waals surface area contributed by atoms with Gasteiger partial charge in [0.05, 0.1) is 18.4 Å². The zero-order valence-corrected chi connectivity index (χ0v) is 24.4. The molecule has 0 radical (unpaired) electrons. The molecule has 6 unspecified atom stereocenters. The van der Waals surface area contributed by atoms with Crippen LogP contribution in [-0.4, -0.2) is 58.2 Å². The van der Waals surface area contributed by atoms with Gasteiger partial charge in [0.1, 0.15) is 5.54 Å². The number of amides is 1. The van der Waals surface area contributed by atoms with E-state index in [4.69, 9.17) is 4.84 Å². The molecule has 40 heavy (non-hydrogen) atoms. The molecule has 4 aliphatic carbocycles. The van der Waals surface area contributed by atoms with Crippen molar-refractivity contribution in [2.45, 2.75) is 121 Å². The molecule has 1 amide bonds. The predicted molar refractivity (Wildman–Crippen MR) is 151 cm³/mol. The maximum absolute atomic E-state index is 12.9. The summed E-state index contributed by atoms with van der Waals surface area (Å²) in [6, 6.07) is 0. The first-order valence-electron chi connectivity index (χ1n) is 16.5. The normalized spacial score (nSPS) is 35.6. The third-order valence-electron chi connectivity index (χ3n) is 11.5. The SMILES string of the molecule is O=C(O)C1CC(CC2CCCCC2)CCC1CONCCN1C(=O)C12CCC(CC1CCCCC1)CC2C(=O)O. The molecule has 1 spiro atoms. The highest BCUT2D eigenvalue weighted by molar-refractivity contribution is 6.06. The molecule has 6 atom stereocenters. The molecule has 8 nitrogen and oxygen atoms in total. The fraction of sp³-hybridized carbons (Fsp3) is 0.906. The van der Waals surface area contributed by atoms with E-state index in [1.165, 1.54) is 70.6 Å². The van der Waals surface area contributed by atoms with E-state index in [1.54, 1.807) is 4.90 Å². The molecule has 4 saturated carbocycles. The lowest BCUT2D eigenvalue weighted by Gasteiger charge is -2.36. The third-order valence-corrected chi connectivity index (χ3v) is 11.5. The zero-order chi connectivity index (χ0) is 28.1. The van der Waals surface area contributed by atoms with Gasteiger partial charge in [0.2, 0.25) is 5.91 Å². The number of nitrogens with zero attached hydrogens (tertiary/aromatic N) is 1. The Morgan fingerprint density at radius 2 is 1.43 bits per heavy atom. The van der Waals surface area contributed by atoms with Gasteiger partial charge in [0.25, 0.3) is 0 Å². The molecule has 5 aliphatic rings. The second kappa shape index (κ2) is 13.5. The maximum Gasteiger partial charge on any atom is 0.309 e. The average Bonchev–Trinajstić information content (AvgIpc) is 3.51. The summed E-state index contributed by atoms with van der Waals surface area (Å²) in [5, 5.41) is 19.9. The Bertz CT molecular complexity index is 885. The number of hydroxylamine groups is 1. The first-order chi connectivity index (χ1) is 19.4. The van der Waals surface area contributed by atoms with Gasteiger partial charge >= 0.3 is 11.9 Å². The standard InChI is InChI=1S/C32H52N2O6/c35-29(36)27-19-24(17-22-7-3-1-4-8-22)11-12-26(27)21-40-33-15-16-34-31(39)32(34)14-13-25(20-28(32)30(37)38)18-23-9-5-2-6-10-23/h22-28,33H,1-21H2,(H,35,36)(H,37,38). The smallest absolute Gasteiger partial charge is 0.309 e. The Morgan fingerprint density at radius 3 is 2.02 bits per heavy atom. The molecule has 1 saturated heterocycles.